The van der Waals surface area contributed by atoms with Crippen LogP contribution in [0.5, 0.6) is 0 Å². The number of piperidine rings is 2. The predicted octanol–water partition coefficient (Wildman–Crippen LogP) is 4.32. The molecule has 0 amide bonds. The summed E-state index contributed by atoms with van der Waals surface area (Å²) >= 11 is 6.09. The fourth-order valence-corrected chi connectivity index (χ4v) is 4.24. The van der Waals surface area contributed by atoms with Gasteiger partial charge in [-0.3, -0.25) is 9.88 Å². The van der Waals surface area contributed by atoms with Crippen molar-refractivity contribution in [3.05, 3.63) is 35.5 Å². The molecule has 0 radical (unpaired) electrons. The van der Waals surface area contributed by atoms with Gasteiger partial charge in [-0.1, -0.05) is 18.0 Å². The molecular weight excluding hydrogens is 294 g/mol. The second-order valence-corrected chi connectivity index (χ2v) is 6.95. The van der Waals surface area contributed by atoms with Gasteiger partial charge in [0.1, 0.15) is 0 Å². The minimum absolute atomic E-state index is 0.551. The molecule has 116 valence electrons. The summed E-state index contributed by atoms with van der Waals surface area (Å²) in [6.45, 7) is 2.55. The number of rotatable bonds is 2. The van der Waals surface area contributed by atoms with E-state index in [1.54, 1.807) is 0 Å². The van der Waals surface area contributed by atoms with Crippen LogP contribution in [-0.4, -0.2) is 35.1 Å². The van der Waals surface area contributed by atoms with E-state index in [1.807, 2.05) is 18.3 Å². The number of halogens is 1. The molecule has 4 rings (SSSR count). The number of nitrogens with one attached hydrogen (secondary N) is 1. The van der Waals surface area contributed by atoms with Gasteiger partial charge in [-0.2, -0.15) is 0 Å². The normalized spacial score (nSPS) is 25.9. The Bertz CT molecular complexity index is 670. The lowest BCUT2D eigenvalue weighted by Gasteiger charge is -2.44. The number of anilines is 1. The molecule has 2 fully saturated rings. The highest BCUT2D eigenvalue weighted by Gasteiger charge is 2.33. The van der Waals surface area contributed by atoms with Gasteiger partial charge in [0.2, 0.25) is 0 Å². The summed E-state index contributed by atoms with van der Waals surface area (Å²) in [5, 5.41) is 5.73. The summed E-state index contributed by atoms with van der Waals surface area (Å²) < 4.78 is 0. The van der Waals surface area contributed by atoms with E-state index in [1.165, 1.54) is 56.3 Å². The van der Waals surface area contributed by atoms with Crippen molar-refractivity contribution in [2.24, 2.45) is 0 Å². The molecule has 22 heavy (non-hydrogen) atoms. The van der Waals surface area contributed by atoms with Crippen molar-refractivity contribution in [1.82, 2.24) is 9.88 Å². The summed E-state index contributed by atoms with van der Waals surface area (Å²) in [7, 11) is 0. The van der Waals surface area contributed by atoms with Gasteiger partial charge in [0.15, 0.2) is 0 Å². The molecular formula is C18H22ClN3. The number of fused-ring (bicyclic) bond motifs is 2. The molecule has 2 saturated heterocycles. The van der Waals surface area contributed by atoms with Crippen molar-refractivity contribution in [3.63, 3.8) is 0 Å². The highest BCUT2D eigenvalue weighted by Crippen LogP contribution is 2.31. The van der Waals surface area contributed by atoms with E-state index < -0.39 is 0 Å². The van der Waals surface area contributed by atoms with E-state index in [0.717, 1.165) is 10.5 Å². The smallest absolute Gasteiger partial charge is 0.0737 e. The Kier molecular flexibility index (Phi) is 3.93. The van der Waals surface area contributed by atoms with E-state index in [4.69, 9.17) is 11.6 Å². The first-order chi connectivity index (χ1) is 10.8. The van der Waals surface area contributed by atoms with Crippen LogP contribution < -0.4 is 5.32 Å². The fraction of sp³-hybridized carbons (Fsp3) is 0.500. The molecule has 2 aliphatic heterocycles. The summed E-state index contributed by atoms with van der Waals surface area (Å²) in [5.74, 6) is 0. The topological polar surface area (TPSA) is 28.2 Å². The summed E-state index contributed by atoms with van der Waals surface area (Å²) in [6.07, 6.45) is 8.49. The van der Waals surface area contributed by atoms with Crippen LogP contribution in [0.3, 0.4) is 0 Å². The molecule has 1 aromatic carbocycles. The van der Waals surface area contributed by atoms with Crippen LogP contribution in [0, 0.1) is 0 Å². The first-order valence-corrected chi connectivity index (χ1v) is 8.74. The maximum atomic E-state index is 6.09. The molecule has 2 aliphatic rings. The third kappa shape index (κ3) is 2.68. The van der Waals surface area contributed by atoms with Gasteiger partial charge in [0, 0.05) is 34.4 Å². The number of aromatic nitrogens is 1. The van der Waals surface area contributed by atoms with Crippen LogP contribution in [0.2, 0.25) is 5.02 Å². The quantitative estimate of drug-likeness (QED) is 0.894. The predicted molar refractivity (Wildman–Crippen MR) is 92.6 cm³/mol. The number of hydrogen-bond acceptors (Lipinski definition) is 3. The van der Waals surface area contributed by atoms with Gasteiger partial charge in [-0.15, -0.1) is 0 Å². The second kappa shape index (κ2) is 6.05. The number of hydrogen-bond donors (Lipinski definition) is 1. The molecule has 2 aromatic rings. The Morgan fingerprint density at radius 3 is 2.95 bits per heavy atom. The van der Waals surface area contributed by atoms with Gasteiger partial charge >= 0.3 is 0 Å². The Labute approximate surface area is 136 Å². The zero-order chi connectivity index (χ0) is 14.9. The Hall–Kier alpha value is -1.32. The number of nitrogens with zero attached hydrogens (tertiary/aromatic N) is 2. The minimum Gasteiger partial charge on any atom is -0.380 e. The highest BCUT2D eigenvalue weighted by molar-refractivity contribution is 6.31. The summed E-state index contributed by atoms with van der Waals surface area (Å²) in [6, 6.07) is 9.31. The van der Waals surface area contributed by atoms with Gasteiger partial charge in [-0.25, -0.2) is 0 Å². The van der Waals surface area contributed by atoms with Crippen LogP contribution in [0.1, 0.15) is 32.1 Å². The van der Waals surface area contributed by atoms with Crippen molar-refractivity contribution in [2.75, 3.05) is 18.4 Å². The first-order valence-electron chi connectivity index (χ1n) is 8.36. The third-order valence-corrected chi connectivity index (χ3v) is 5.37. The maximum absolute atomic E-state index is 6.09. The van der Waals surface area contributed by atoms with Crippen LogP contribution in [0.15, 0.2) is 30.5 Å². The van der Waals surface area contributed by atoms with Crippen LogP contribution >= 0.6 is 11.6 Å². The average molecular weight is 316 g/mol. The molecule has 3 heterocycles. The fourth-order valence-electron chi connectivity index (χ4n) is 4.07. The van der Waals surface area contributed by atoms with Crippen molar-refractivity contribution in [1.29, 1.82) is 0 Å². The highest BCUT2D eigenvalue weighted by atomic mass is 35.5. The van der Waals surface area contributed by atoms with Gasteiger partial charge in [0.25, 0.3) is 0 Å². The van der Waals surface area contributed by atoms with Crippen molar-refractivity contribution >= 4 is 28.2 Å². The number of benzene rings is 1. The van der Waals surface area contributed by atoms with E-state index in [2.05, 4.69) is 27.3 Å². The third-order valence-electron chi connectivity index (χ3n) is 5.13. The molecule has 2 atom stereocenters. The molecule has 0 spiro atoms. The summed E-state index contributed by atoms with van der Waals surface area (Å²) in [5.41, 5.74) is 2.16. The van der Waals surface area contributed by atoms with E-state index >= 15 is 0 Å². The van der Waals surface area contributed by atoms with Crippen LogP contribution in [0.4, 0.5) is 5.69 Å². The lowest BCUT2D eigenvalue weighted by atomic mass is 9.88. The minimum atomic E-state index is 0.551. The molecule has 0 unspecified atom stereocenters. The molecule has 1 aromatic heterocycles. The van der Waals surface area contributed by atoms with Gasteiger partial charge < -0.3 is 5.32 Å². The molecule has 0 bridgehead atoms. The Balaban J connectivity index is 1.62. The average Bonchev–Trinajstić information content (AvgIpc) is 2.55. The SMILES string of the molecule is Clc1ccc2c(N[C@@H]3CCCN4CCCC[C@H]34)ccnc2c1. The van der Waals surface area contributed by atoms with E-state index in [-0.39, 0.29) is 0 Å². The molecule has 3 nitrogen and oxygen atoms in total. The summed E-state index contributed by atoms with van der Waals surface area (Å²) in [4.78, 5) is 7.13. The monoisotopic (exact) mass is 315 g/mol. The van der Waals surface area contributed by atoms with E-state index in [0.29, 0.717) is 12.1 Å². The van der Waals surface area contributed by atoms with Gasteiger partial charge in [0.05, 0.1) is 5.52 Å². The van der Waals surface area contributed by atoms with Crippen LogP contribution in [-0.2, 0) is 0 Å². The zero-order valence-electron chi connectivity index (χ0n) is 12.8. The first kappa shape index (κ1) is 14.3. The standard InChI is InChI=1S/C18H22ClN3/c19-13-6-7-14-15(8-9-20-17(14)12-13)21-16-4-3-11-22-10-2-1-5-18(16)22/h6-9,12,16,18H,1-5,10-11H2,(H,20,21)/t16-,18-/m1/s1. The largest absolute Gasteiger partial charge is 0.380 e. The van der Waals surface area contributed by atoms with Crippen molar-refractivity contribution in [3.8, 4) is 0 Å². The van der Waals surface area contributed by atoms with Crippen molar-refractivity contribution in [2.45, 2.75) is 44.2 Å². The lowest BCUT2D eigenvalue weighted by molar-refractivity contribution is 0.0978. The zero-order valence-corrected chi connectivity index (χ0v) is 13.5. The van der Waals surface area contributed by atoms with E-state index in [9.17, 15) is 0 Å². The Morgan fingerprint density at radius 2 is 2.00 bits per heavy atom. The maximum Gasteiger partial charge on any atom is 0.0737 e. The molecule has 1 N–H and O–H groups in total. The van der Waals surface area contributed by atoms with Gasteiger partial charge in [-0.05, 0) is 63.0 Å². The number of pyridine rings is 1. The van der Waals surface area contributed by atoms with Crippen LogP contribution in [0.25, 0.3) is 10.9 Å². The van der Waals surface area contributed by atoms with Crippen molar-refractivity contribution < 1.29 is 0 Å². The molecule has 0 aliphatic carbocycles. The second-order valence-electron chi connectivity index (χ2n) is 6.51. The molecule has 0 saturated carbocycles. The lowest BCUT2D eigenvalue weighted by Crippen LogP contribution is -2.53. The molecule has 4 heteroatoms. The Morgan fingerprint density at radius 1 is 1.09 bits per heavy atom.